The highest BCUT2D eigenvalue weighted by Gasteiger charge is 2.33. The molecule has 0 unspecified atom stereocenters. The second-order valence-corrected chi connectivity index (χ2v) is 8.08. The van der Waals surface area contributed by atoms with Gasteiger partial charge in [-0.15, -0.1) is 21.5 Å². The molecular weight excluding hydrogens is 385 g/mol. The fraction of sp³-hybridized carbons (Fsp3) is 0.375. The van der Waals surface area contributed by atoms with Crippen molar-refractivity contribution in [2.24, 2.45) is 7.05 Å². The van der Waals surface area contributed by atoms with E-state index in [9.17, 15) is 18.0 Å². The second-order valence-electron chi connectivity index (χ2n) is 6.01. The van der Waals surface area contributed by atoms with Gasteiger partial charge in [-0.3, -0.25) is 9.36 Å². The van der Waals surface area contributed by atoms with E-state index in [1.807, 2.05) is 0 Å². The number of nitrogens with zero attached hydrogens (tertiary/aromatic N) is 4. The molecule has 136 valence electrons. The first-order valence-electron chi connectivity index (χ1n) is 7.94. The van der Waals surface area contributed by atoms with Crippen LogP contribution in [0.15, 0.2) is 27.1 Å². The average molecular weight is 398 g/mol. The lowest BCUT2D eigenvalue weighted by Crippen LogP contribution is -2.20. The molecule has 0 saturated carbocycles. The van der Waals surface area contributed by atoms with Crippen LogP contribution in [0.5, 0.6) is 0 Å². The molecule has 0 aromatic carbocycles. The Morgan fingerprint density at radius 2 is 1.96 bits per heavy atom. The average Bonchev–Trinajstić information content (AvgIpc) is 2.97. The van der Waals surface area contributed by atoms with Gasteiger partial charge in [-0.2, -0.15) is 13.2 Å². The van der Waals surface area contributed by atoms with Crippen LogP contribution in [0.1, 0.15) is 29.0 Å². The van der Waals surface area contributed by atoms with Crippen LogP contribution >= 0.6 is 23.1 Å². The molecule has 0 aliphatic heterocycles. The molecule has 0 amide bonds. The number of fused-ring (bicyclic) bond motifs is 3. The van der Waals surface area contributed by atoms with Crippen LogP contribution in [0.25, 0.3) is 10.2 Å². The topological polar surface area (TPSA) is 60.7 Å². The molecule has 0 saturated heterocycles. The van der Waals surface area contributed by atoms with E-state index >= 15 is 0 Å². The van der Waals surface area contributed by atoms with E-state index in [-0.39, 0.29) is 10.6 Å². The molecule has 0 spiro atoms. The van der Waals surface area contributed by atoms with Crippen molar-refractivity contribution in [2.75, 3.05) is 0 Å². The third-order valence-electron chi connectivity index (χ3n) is 4.28. The van der Waals surface area contributed by atoms with Crippen LogP contribution in [-0.2, 0) is 26.1 Å². The van der Waals surface area contributed by atoms with Gasteiger partial charge < -0.3 is 0 Å². The first-order chi connectivity index (χ1) is 12.3. The molecular formula is C16H13F3N4OS2. The summed E-state index contributed by atoms with van der Waals surface area (Å²) in [5.41, 5.74) is -0.0722. The SMILES string of the molecule is Cn1c(Sc2ccc(C(F)(F)F)nn2)nc2sc3c(c2c1=O)CCCC3. The highest BCUT2D eigenvalue weighted by molar-refractivity contribution is 7.99. The minimum absolute atomic E-state index is 0.128. The number of rotatable bonds is 2. The van der Waals surface area contributed by atoms with Gasteiger partial charge in [0.25, 0.3) is 5.56 Å². The van der Waals surface area contributed by atoms with Crippen molar-refractivity contribution in [1.82, 2.24) is 19.7 Å². The molecule has 0 atom stereocenters. The van der Waals surface area contributed by atoms with Gasteiger partial charge in [0.2, 0.25) is 0 Å². The standard InChI is InChI=1S/C16H13F3N4OS2/c1-23-14(24)12-8-4-2-3-5-9(8)25-13(12)20-15(23)26-11-7-6-10(21-22-11)16(17,18)19/h6-7H,2-5H2,1H3. The number of hydrogen-bond acceptors (Lipinski definition) is 6. The van der Waals surface area contributed by atoms with Gasteiger partial charge in [-0.1, -0.05) is 0 Å². The molecule has 0 radical (unpaired) electrons. The van der Waals surface area contributed by atoms with E-state index in [0.29, 0.717) is 15.4 Å². The largest absolute Gasteiger partial charge is 0.435 e. The summed E-state index contributed by atoms with van der Waals surface area (Å²) in [5, 5.41) is 8.11. The molecule has 1 aliphatic carbocycles. The highest BCUT2D eigenvalue weighted by atomic mass is 32.2. The maximum Gasteiger partial charge on any atom is 0.435 e. The molecule has 26 heavy (non-hydrogen) atoms. The van der Waals surface area contributed by atoms with Crippen molar-refractivity contribution >= 4 is 33.3 Å². The molecule has 5 nitrogen and oxygen atoms in total. The van der Waals surface area contributed by atoms with E-state index in [0.717, 1.165) is 49.1 Å². The zero-order chi connectivity index (χ0) is 18.5. The van der Waals surface area contributed by atoms with Gasteiger partial charge in [-0.05, 0) is 55.1 Å². The second kappa shape index (κ2) is 6.34. The van der Waals surface area contributed by atoms with Gasteiger partial charge in [0, 0.05) is 11.9 Å². The molecule has 3 aromatic heterocycles. The predicted octanol–water partition coefficient (Wildman–Crippen LogP) is 3.83. The van der Waals surface area contributed by atoms with Crippen LogP contribution in [0, 0.1) is 0 Å². The van der Waals surface area contributed by atoms with Crippen molar-refractivity contribution in [3.05, 3.63) is 38.6 Å². The maximum atomic E-state index is 12.8. The van der Waals surface area contributed by atoms with E-state index in [1.165, 1.54) is 26.8 Å². The molecule has 10 heteroatoms. The number of thiophene rings is 1. The zero-order valence-electron chi connectivity index (χ0n) is 13.6. The number of halogens is 3. The van der Waals surface area contributed by atoms with Crippen molar-refractivity contribution in [3.63, 3.8) is 0 Å². The minimum atomic E-state index is -4.53. The Hall–Kier alpha value is -1.94. The van der Waals surface area contributed by atoms with Crippen molar-refractivity contribution in [1.29, 1.82) is 0 Å². The van der Waals surface area contributed by atoms with Gasteiger partial charge in [0.15, 0.2) is 10.9 Å². The Balaban J connectivity index is 1.73. The molecule has 3 heterocycles. The smallest absolute Gasteiger partial charge is 0.290 e. The Labute approximate surface area is 154 Å². The molecule has 0 N–H and O–H groups in total. The summed E-state index contributed by atoms with van der Waals surface area (Å²) in [6.07, 6.45) is -0.492. The zero-order valence-corrected chi connectivity index (χ0v) is 15.3. The van der Waals surface area contributed by atoms with Gasteiger partial charge in [0.05, 0.1) is 5.39 Å². The quantitative estimate of drug-likeness (QED) is 0.614. The number of aromatic nitrogens is 4. The van der Waals surface area contributed by atoms with Gasteiger partial charge >= 0.3 is 6.18 Å². The molecule has 1 aliphatic rings. The third-order valence-corrected chi connectivity index (χ3v) is 6.44. The Morgan fingerprint density at radius 1 is 1.19 bits per heavy atom. The Kier molecular flexibility index (Phi) is 4.26. The van der Waals surface area contributed by atoms with Gasteiger partial charge in [0.1, 0.15) is 9.86 Å². The van der Waals surface area contributed by atoms with E-state index in [1.54, 1.807) is 7.05 Å². The number of hydrogen-bond donors (Lipinski definition) is 0. The number of aryl methyl sites for hydroxylation is 2. The first-order valence-corrected chi connectivity index (χ1v) is 9.58. The van der Waals surface area contributed by atoms with Crippen molar-refractivity contribution < 1.29 is 13.2 Å². The summed E-state index contributed by atoms with van der Waals surface area (Å²) >= 11 is 2.56. The Bertz CT molecular complexity index is 1040. The number of alkyl halides is 3. The van der Waals surface area contributed by atoms with Gasteiger partial charge in [-0.25, -0.2) is 4.98 Å². The fourth-order valence-electron chi connectivity index (χ4n) is 2.98. The van der Waals surface area contributed by atoms with Crippen LogP contribution < -0.4 is 5.56 Å². The predicted molar refractivity (Wildman–Crippen MR) is 92.7 cm³/mol. The normalized spacial score (nSPS) is 14.6. The van der Waals surface area contributed by atoms with E-state index in [2.05, 4.69) is 15.2 Å². The minimum Gasteiger partial charge on any atom is -0.290 e. The Morgan fingerprint density at radius 3 is 2.65 bits per heavy atom. The summed E-state index contributed by atoms with van der Waals surface area (Å²) < 4.78 is 39.2. The summed E-state index contributed by atoms with van der Waals surface area (Å²) in [5.74, 6) is 0. The lowest BCUT2D eigenvalue weighted by molar-refractivity contribution is -0.141. The lowest BCUT2D eigenvalue weighted by atomic mass is 9.97. The molecule has 4 rings (SSSR count). The molecule has 0 bridgehead atoms. The van der Waals surface area contributed by atoms with Crippen molar-refractivity contribution in [2.45, 2.75) is 42.0 Å². The van der Waals surface area contributed by atoms with E-state index in [4.69, 9.17) is 0 Å². The maximum absolute atomic E-state index is 12.8. The lowest BCUT2D eigenvalue weighted by Gasteiger charge is -2.10. The van der Waals surface area contributed by atoms with Crippen LogP contribution in [0.2, 0.25) is 0 Å². The molecule has 3 aromatic rings. The van der Waals surface area contributed by atoms with Crippen LogP contribution in [0.4, 0.5) is 13.2 Å². The fourth-order valence-corrected chi connectivity index (χ4v) is 5.05. The molecule has 0 fully saturated rings. The summed E-state index contributed by atoms with van der Waals surface area (Å²) in [6.45, 7) is 0. The summed E-state index contributed by atoms with van der Waals surface area (Å²) in [4.78, 5) is 19.2. The third kappa shape index (κ3) is 3.01. The van der Waals surface area contributed by atoms with E-state index < -0.39 is 11.9 Å². The summed E-state index contributed by atoms with van der Waals surface area (Å²) in [6, 6.07) is 2.10. The van der Waals surface area contributed by atoms with Crippen molar-refractivity contribution in [3.8, 4) is 0 Å². The summed E-state index contributed by atoms with van der Waals surface area (Å²) in [7, 11) is 1.61. The first kappa shape index (κ1) is 17.5. The van der Waals surface area contributed by atoms with Crippen LogP contribution in [0.3, 0.4) is 0 Å². The van der Waals surface area contributed by atoms with Crippen LogP contribution in [-0.4, -0.2) is 19.7 Å². The highest BCUT2D eigenvalue weighted by Crippen LogP contribution is 2.35. The monoisotopic (exact) mass is 398 g/mol.